The molecule has 0 aliphatic carbocycles. The summed E-state index contributed by atoms with van der Waals surface area (Å²) in [7, 11) is 1.59. The molecule has 1 aliphatic heterocycles. The molecule has 1 aliphatic rings. The van der Waals surface area contributed by atoms with Crippen molar-refractivity contribution in [2.75, 3.05) is 37.7 Å². The van der Waals surface area contributed by atoms with E-state index in [1.165, 1.54) is 24.4 Å². The number of nitrogen functional groups attached to an aromatic ring is 1. The molecule has 0 aromatic carbocycles. The first kappa shape index (κ1) is 14.1. The van der Waals surface area contributed by atoms with E-state index in [0.717, 1.165) is 24.6 Å². The average molecular weight is 283 g/mol. The molecule has 1 saturated heterocycles. The van der Waals surface area contributed by atoms with E-state index >= 15 is 0 Å². The topological polar surface area (TPSA) is 83.3 Å². The predicted molar refractivity (Wildman–Crippen MR) is 78.7 cm³/mol. The molecule has 1 amide bonds. The zero-order valence-electron chi connectivity index (χ0n) is 11.4. The number of nitrogens with zero attached hydrogens (tertiary/aromatic N) is 2. The Morgan fingerprint density at radius 2 is 2.21 bits per heavy atom. The lowest BCUT2D eigenvalue weighted by Crippen LogP contribution is -2.35. The molecule has 19 heavy (non-hydrogen) atoms. The number of rotatable bonds is 5. The first-order valence-corrected chi connectivity index (χ1v) is 7.36. The zero-order chi connectivity index (χ0) is 13.8. The summed E-state index contributed by atoms with van der Waals surface area (Å²) in [5.41, 5.74) is 6.19. The largest absolute Gasteiger partial charge is 0.382 e. The molecule has 1 unspecified atom stereocenters. The Kier molecular flexibility index (Phi) is 4.60. The summed E-state index contributed by atoms with van der Waals surface area (Å²) in [4.78, 5) is 14.2. The van der Waals surface area contributed by atoms with Crippen LogP contribution in [0.1, 0.15) is 30.1 Å². The highest BCUT2D eigenvalue weighted by molar-refractivity contribution is 7.11. The minimum absolute atomic E-state index is 0.192. The van der Waals surface area contributed by atoms with Crippen LogP contribution in [0.3, 0.4) is 0 Å². The van der Waals surface area contributed by atoms with E-state index in [2.05, 4.69) is 26.8 Å². The maximum absolute atomic E-state index is 11.7. The van der Waals surface area contributed by atoms with Gasteiger partial charge in [0.2, 0.25) is 0 Å². The summed E-state index contributed by atoms with van der Waals surface area (Å²) in [6.45, 7) is 5.32. The van der Waals surface area contributed by atoms with Gasteiger partial charge in [-0.1, -0.05) is 0 Å². The van der Waals surface area contributed by atoms with E-state index < -0.39 is 0 Å². The van der Waals surface area contributed by atoms with Crippen LogP contribution in [0.15, 0.2) is 0 Å². The molecule has 0 radical (unpaired) electrons. The number of carbonyl (C=O) groups is 1. The molecule has 106 valence electrons. The van der Waals surface area contributed by atoms with Gasteiger partial charge in [0.15, 0.2) is 5.82 Å². The molecule has 0 bridgehead atoms. The van der Waals surface area contributed by atoms with Crippen LogP contribution in [0.5, 0.6) is 0 Å². The molecule has 1 atom stereocenters. The van der Waals surface area contributed by atoms with Crippen molar-refractivity contribution in [2.45, 2.75) is 25.8 Å². The van der Waals surface area contributed by atoms with Crippen LogP contribution in [-0.4, -0.2) is 47.9 Å². The van der Waals surface area contributed by atoms with Gasteiger partial charge in [0.25, 0.3) is 5.91 Å². The summed E-state index contributed by atoms with van der Waals surface area (Å²) >= 11 is 1.24. The summed E-state index contributed by atoms with van der Waals surface area (Å²) < 4.78 is 4.04. The Bertz CT molecular complexity index is 441. The van der Waals surface area contributed by atoms with Gasteiger partial charge in [0, 0.05) is 19.6 Å². The maximum Gasteiger partial charge on any atom is 0.257 e. The van der Waals surface area contributed by atoms with E-state index in [0.29, 0.717) is 17.4 Å². The predicted octanol–water partition coefficient (Wildman–Crippen LogP) is 0.981. The maximum atomic E-state index is 11.7. The van der Waals surface area contributed by atoms with Gasteiger partial charge in [-0.15, -0.1) is 0 Å². The smallest absolute Gasteiger partial charge is 0.257 e. The number of likely N-dealkylation sites (tertiary alicyclic amines) is 1. The molecule has 1 aromatic heterocycles. The standard InChI is InChI=1S/C12H21N5OS/c1-8(17-5-3-4-6-17)7-15-12-9(11(18)14-2)10(13)16-19-12/h8,15H,3-7H2,1-2H3,(H2,13,16)(H,14,18). The average Bonchev–Trinajstić information content (AvgIpc) is 3.04. The third-order valence-corrected chi connectivity index (χ3v) is 4.31. The van der Waals surface area contributed by atoms with Crippen LogP contribution >= 0.6 is 11.5 Å². The molecule has 6 nitrogen and oxygen atoms in total. The van der Waals surface area contributed by atoms with Crippen LogP contribution in [0.2, 0.25) is 0 Å². The van der Waals surface area contributed by atoms with E-state index in [1.54, 1.807) is 7.05 Å². The lowest BCUT2D eigenvalue weighted by Gasteiger charge is -2.24. The molecular formula is C12H21N5OS. The third-order valence-electron chi connectivity index (χ3n) is 3.49. The van der Waals surface area contributed by atoms with Gasteiger partial charge in [-0.25, -0.2) is 0 Å². The van der Waals surface area contributed by atoms with Gasteiger partial charge in [-0.3, -0.25) is 9.69 Å². The summed E-state index contributed by atoms with van der Waals surface area (Å²) in [5.74, 6) is 0.100. The van der Waals surface area contributed by atoms with E-state index in [-0.39, 0.29) is 5.91 Å². The number of carbonyl (C=O) groups excluding carboxylic acids is 1. The van der Waals surface area contributed by atoms with Crippen molar-refractivity contribution in [1.82, 2.24) is 14.6 Å². The summed E-state index contributed by atoms with van der Waals surface area (Å²) in [6.07, 6.45) is 2.56. The monoisotopic (exact) mass is 283 g/mol. The Labute approximate surface area is 117 Å². The quantitative estimate of drug-likeness (QED) is 0.750. The van der Waals surface area contributed by atoms with Gasteiger partial charge in [-0.05, 0) is 44.4 Å². The normalized spacial score (nSPS) is 17.4. The number of hydrogen-bond acceptors (Lipinski definition) is 6. The number of aromatic nitrogens is 1. The molecular weight excluding hydrogens is 262 g/mol. The zero-order valence-corrected chi connectivity index (χ0v) is 12.2. The Balaban J connectivity index is 1.97. The fraction of sp³-hybridized carbons (Fsp3) is 0.667. The minimum Gasteiger partial charge on any atom is -0.382 e. The van der Waals surface area contributed by atoms with Crippen molar-refractivity contribution in [3.8, 4) is 0 Å². The van der Waals surface area contributed by atoms with E-state index in [9.17, 15) is 4.79 Å². The molecule has 2 heterocycles. The summed E-state index contributed by atoms with van der Waals surface area (Å²) in [5, 5.41) is 6.64. The fourth-order valence-corrected chi connectivity index (χ4v) is 3.04. The second-order valence-corrected chi connectivity index (χ2v) is 5.60. The number of nitrogens with one attached hydrogen (secondary N) is 2. The second-order valence-electron chi connectivity index (χ2n) is 4.82. The Morgan fingerprint density at radius 3 is 2.84 bits per heavy atom. The highest BCUT2D eigenvalue weighted by atomic mass is 32.1. The molecule has 7 heteroatoms. The molecule has 4 N–H and O–H groups in total. The van der Waals surface area contributed by atoms with Gasteiger partial charge >= 0.3 is 0 Å². The highest BCUT2D eigenvalue weighted by Gasteiger charge is 2.21. The van der Waals surface area contributed by atoms with Crippen LogP contribution in [0.4, 0.5) is 10.8 Å². The van der Waals surface area contributed by atoms with Crippen LogP contribution in [0.25, 0.3) is 0 Å². The van der Waals surface area contributed by atoms with E-state index in [1.807, 2.05) is 0 Å². The van der Waals surface area contributed by atoms with Crippen molar-refractivity contribution in [3.05, 3.63) is 5.56 Å². The summed E-state index contributed by atoms with van der Waals surface area (Å²) in [6, 6.07) is 0.448. The Hall–Kier alpha value is -1.34. The third kappa shape index (κ3) is 3.16. The van der Waals surface area contributed by atoms with E-state index in [4.69, 9.17) is 5.73 Å². The van der Waals surface area contributed by atoms with Crippen molar-refractivity contribution in [2.24, 2.45) is 0 Å². The molecule has 2 rings (SSSR count). The number of nitrogens with two attached hydrogens (primary N) is 1. The lowest BCUT2D eigenvalue weighted by atomic mass is 10.2. The molecule has 1 aromatic rings. The fourth-order valence-electron chi connectivity index (χ4n) is 2.32. The molecule has 0 saturated carbocycles. The molecule has 0 spiro atoms. The minimum atomic E-state index is -0.192. The second kappa shape index (κ2) is 6.21. The van der Waals surface area contributed by atoms with Gasteiger partial charge < -0.3 is 16.4 Å². The van der Waals surface area contributed by atoms with Gasteiger partial charge in [-0.2, -0.15) is 4.37 Å². The first-order chi connectivity index (χ1) is 9.13. The first-order valence-electron chi connectivity index (χ1n) is 6.58. The lowest BCUT2D eigenvalue weighted by molar-refractivity contribution is 0.0965. The van der Waals surface area contributed by atoms with Crippen molar-refractivity contribution in [1.29, 1.82) is 0 Å². The van der Waals surface area contributed by atoms with Gasteiger partial charge in [0.1, 0.15) is 10.6 Å². The number of amides is 1. The van der Waals surface area contributed by atoms with Crippen LogP contribution < -0.4 is 16.4 Å². The SMILES string of the molecule is CNC(=O)c1c(N)nsc1NCC(C)N1CCCC1. The Morgan fingerprint density at radius 1 is 1.53 bits per heavy atom. The highest BCUT2D eigenvalue weighted by Crippen LogP contribution is 2.26. The number of anilines is 2. The number of hydrogen-bond donors (Lipinski definition) is 3. The van der Waals surface area contributed by atoms with Gasteiger partial charge in [0.05, 0.1) is 0 Å². The molecule has 1 fully saturated rings. The van der Waals surface area contributed by atoms with Crippen molar-refractivity contribution in [3.63, 3.8) is 0 Å². The van der Waals surface area contributed by atoms with Crippen molar-refractivity contribution < 1.29 is 4.79 Å². The van der Waals surface area contributed by atoms with Crippen LogP contribution in [-0.2, 0) is 0 Å². The van der Waals surface area contributed by atoms with Crippen molar-refractivity contribution >= 4 is 28.3 Å². The van der Waals surface area contributed by atoms with Crippen LogP contribution in [0, 0.1) is 0 Å².